The molecule has 1 aromatic rings. The van der Waals surface area contributed by atoms with Gasteiger partial charge in [0.15, 0.2) is 0 Å². The molecule has 1 rings (SSSR count). The zero-order valence-corrected chi connectivity index (χ0v) is 12.6. The molecule has 4 nitrogen and oxygen atoms in total. The maximum absolute atomic E-state index is 10.3. The van der Waals surface area contributed by atoms with Crippen LogP contribution in [-0.2, 0) is 0 Å². The summed E-state index contributed by atoms with van der Waals surface area (Å²) in [5.41, 5.74) is 0.413. The van der Waals surface area contributed by atoms with E-state index in [2.05, 4.69) is 18.3 Å². The molecule has 2 N–H and O–H groups in total. The van der Waals surface area contributed by atoms with Crippen molar-refractivity contribution < 1.29 is 9.84 Å². The molecule has 0 aromatic heterocycles. The molecule has 2 unspecified atom stereocenters. The van der Waals surface area contributed by atoms with Gasteiger partial charge in [-0.3, -0.25) is 0 Å². The number of nitrogens with zero attached hydrogens (tertiary/aromatic N) is 1. The van der Waals surface area contributed by atoms with Crippen molar-refractivity contribution in [3.63, 3.8) is 0 Å². The Balaban J connectivity index is 2.57. The highest BCUT2D eigenvalue weighted by molar-refractivity contribution is 5.30. The number of aliphatic hydroxyl groups is 1. The summed E-state index contributed by atoms with van der Waals surface area (Å²) in [4.78, 5) is 1.98. The maximum atomic E-state index is 10.3. The molecule has 1 aromatic carbocycles. The van der Waals surface area contributed by atoms with Crippen molar-refractivity contribution in [3.05, 3.63) is 29.8 Å². The van der Waals surface area contributed by atoms with Gasteiger partial charge in [-0.2, -0.15) is 0 Å². The normalized spacial score (nSPS) is 16.2. The van der Waals surface area contributed by atoms with E-state index in [-0.39, 0.29) is 6.04 Å². The summed E-state index contributed by atoms with van der Waals surface area (Å²) in [6.07, 6.45) is 0. The molecule has 0 aliphatic rings. The summed E-state index contributed by atoms with van der Waals surface area (Å²) >= 11 is 0. The summed E-state index contributed by atoms with van der Waals surface area (Å²) in [6.45, 7) is 5.10. The van der Waals surface area contributed by atoms with E-state index < -0.39 is 5.60 Å². The molecule has 0 aliphatic heterocycles. The average molecular weight is 266 g/mol. The Kier molecular flexibility index (Phi) is 5.79. The van der Waals surface area contributed by atoms with Gasteiger partial charge in [-0.1, -0.05) is 12.1 Å². The molecule has 0 spiro atoms. The Morgan fingerprint density at radius 3 is 2.68 bits per heavy atom. The molecule has 0 bridgehead atoms. The third-order valence-corrected chi connectivity index (χ3v) is 3.04. The quantitative estimate of drug-likeness (QED) is 0.788. The van der Waals surface area contributed by atoms with E-state index in [0.717, 1.165) is 11.3 Å². The van der Waals surface area contributed by atoms with Crippen molar-refractivity contribution in [1.82, 2.24) is 10.2 Å². The van der Waals surface area contributed by atoms with Crippen LogP contribution in [0, 0.1) is 0 Å². The molecule has 0 amide bonds. The predicted molar refractivity (Wildman–Crippen MR) is 78.6 cm³/mol. The smallest absolute Gasteiger partial charge is 0.119 e. The Morgan fingerprint density at radius 1 is 1.42 bits per heavy atom. The summed E-state index contributed by atoms with van der Waals surface area (Å²) in [5.74, 6) is 0.853. The Hall–Kier alpha value is -1.10. The van der Waals surface area contributed by atoms with Crippen LogP contribution in [0.1, 0.15) is 25.5 Å². The molecule has 0 fully saturated rings. The number of rotatable bonds is 7. The van der Waals surface area contributed by atoms with Crippen LogP contribution < -0.4 is 10.1 Å². The zero-order chi connectivity index (χ0) is 14.5. The molecule has 0 radical (unpaired) electrons. The topological polar surface area (TPSA) is 44.7 Å². The van der Waals surface area contributed by atoms with Crippen LogP contribution in [-0.4, -0.2) is 49.9 Å². The number of hydrogen-bond donors (Lipinski definition) is 2. The standard InChI is InChI=1S/C15H26N2O2/c1-12(13-7-6-8-14(9-13)19-5)16-10-15(2,18)11-17(3)4/h6-9,12,16,18H,10-11H2,1-5H3. The summed E-state index contributed by atoms with van der Waals surface area (Å²) in [6, 6.07) is 8.14. The molecule has 108 valence electrons. The first-order chi connectivity index (χ1) is 8.84. The zero-order valence-electron chi connectivity index (χ0n) is 12.6. The van der Waals surface area contributed by atoms with E-state index in [1.807, 2.05) is 44.1 Å². The highest BCUT2D eigenvalue weighted by atomic mass is 16.5. The number of hydrogen-bond acceptors (Lipinski definition) is 4. The molecule has 0 saturated carbocycles. The lowest BCUT2D eigenvalue weighted by atomic mass is 10.0. The highest BCUT2D eigenvalue weighted by Crippen LogP contribution is 2.19. The van der Waals surface area contributed by atoms with Crippen molar-refractivity contribution in [3.8, 4) is 5.75 Å². The van der Waals surface area contributed by atoms with Gasteiger partial charge in [0.25, 0.3) is 0 Å². The number of likely N-dealkylation sites (N-methyl/N-ethyl adjacent to an activating group) is 1. The minimum absolute atomic E-state index is 0.170. The maximum Gasteiger partial charge on any atom is 0.119 e. The van der Waals surface area contributed by atoms with E-state index >= 15 is 0 Å². The largest absolute Gasteiger partial charge is 0.497 e. The number of nitrogens with one attached hydrogen (secondary N) is 1. The fourth-order valence-electron chi connectivity index (χ4n) is 2.14. The van der Waals surface area contributed by atoms with Gasteiger partial charge in [-0.25, -0.2) is 0 Å². The monoisotopic (exact) mass is 266 g/mol. The van der Waals surface area contributed by atoms with Crippen LogP contribution in [0.2, 0.25) is 0 Å². The Morgan fingerprint density at radius 2 is 2.11 bits per heavy atom. The van der Waals surface area contributed by atoms with Gasteiger partial charge in [-0.05, 0) is 45.6 Å². The molecular formula is C15H26N2O2. The second-order valence-electron chi connectivity index (χ2n) is 5.61. The summed E-state index contributed by atoms with van der Waals surface area (Å²) < 4.78 is 5.22. The molecule has 2 atom stereocenters. The average Bonchev–Trinajstić information content (AvgIpc) is 2.34. The van der Waals surface area contributed by atoms with Crippen molar-refractivity contribution in [2.24, 2.45) is 0 Å². The van der Waals surface area contributed by atoms with E-state index in [1.165, 1.54) is 0 Å². The lowest BCUT2D eigenvalue weighted by molar-refractivity contribution is 0.0317. The molecule has 4 heteroatoms. The molecule has 0 heterocycles. The fraction of sp³-hybridized carbons (Fsp3) is 0.600. The lowest BCUT2D eigenvalue weighted by Gasteiger charge is -2.29. The lowest BCUT2D eigenvalue weighted by Crippen LogP contribution is -2.46. The van der Waals surface area contributed by atoms with Gasteiger partial charge in [-0.15, -0.1) is 0 Å². The Bertz CT molecular complexity index is 391. The first-order valence-electron chi connectivity index (χ1n) is 6.58. The van der Waals surface area contributed by atoms with Crippen LogP contribution in [0.4, 0.5) is 0 Å². The van der Waals surface area contributed by atoms with Gasteiger partial charge in [0.1, 0.15) is 5.75 Å². The minimum Gasteiger partial charge on any atom is -0.497 e. The van der Waals surface area contributed by atoms with Crippen molar-refractivity contribution in [1.29, 1.82) is 0 Å². The van der Waals surface area contributed by atoms with E-state index in [0.29, 0.717) is 13.1 Å². The highest BCUT2D eigenvalue weighted by Gasteiger charge is 2.22. The number of methoxy groups -OCH3 is 1. The van der Waals surface area contributed by atoms with E-state index in [9.17, 15) is 5.11 Å². The van der Waals surface area contributed by atoms with Crippen LogP contribution in [0.25, 0.3) is 0 Å². The van der Waals surface area contributed by atoms with Gasteiger partial charge in [0.2, 0.25) is 0 Å². The van der Waals surface area contributed by atoms with Crippen molar-refractivity contribution in [2.75, 3.05) is 34.3 Å². The van der Waals surface area contributed by atoms with Gasteiger partial charge in [0.05, 0.1) is 12.7 Å². The van der Waals surface area contributed by atoms with Gasteiger partial charge < -0.3 is 20.1 Å². The second kappa shape index (κ2) is 6.89. The van der Waals surface area contributed by atoms with Crippen LogP contribution in [0.15, 0.2) is 24.3 Å². The van der Waals surface area contributed by atoms with Crippen molar-refractivity contribution >= 4 is 0 Å². The Labute approximate surface area is 116 Å². The molecular weight excluding hydrogens is 240 g/mol. The number of benzene rings is 1. The van der Waals surface area contributed by atoms with Gasteiger partial charge >= 0.3 is 0 Å². The SMILES string of the molecule is COc1cccc(C(C)NCC(C)(O)CN(C)C)c1. The molecule has 0 saturated heterocycles. The van der Waals surface area contributed by atoms with Crippen LogP contribution in [0.5, 0.6) is 5.75 Å². The number of ether oxygens (including phenoxy) is 1. The first-order valence-corrected chi connectivity index (χ1v) is 6.58. The third kappa shape index (κ3) is 5.59. The summed E-state index contributed by atoms with van der Waals surface area (Å²) in [7, 11) is 5.58. The third-order valence-electron chi connectivity index (χ3n) is 3.04. The van der Waals surface area contributed by atoms with Crippen LogP contribution >= 0.6 is 0 Å². The second-order valence-corrected chi connectivity index (χ2v) is 5.61. The van der Waals surface area contributed by atoms with E-state index in [1.54, 1.807) is 7.11 Å². The van der Waals surface area contributed by atoms with E-state index in [4.69, 9.17) is 4.74 Å². The van der Waals surface area contributed by atoms with Crippen LogP contribution in [0.3, 0.4) is 0 Å². The first kappa shape index (κ1) is 16.0. The predicted octanol–water partition coefficient (Wildman–Crippen LogP) is 1.66. The molecule has 19 heavy (non-hydrogen) atoms. The minimum atomic E-state index is -0.739. The van der Waals surface area contributed by atoms with Gasteiger partial charge in [0, 0.05) is 19.1 Å². The fourth-order valence-corrected chi connectivity index (χ4v) is 2.14. The molecule has 0 aliphatic carbocycles. The summed E-state index contributed by atoms with van der Waals surface area (Å²) in [5, 5.41) is 13.6. The van der Waals surface area contributed by atoms with Crippen molar-refractivity contribution in [2.45, 2.75) is 25.5 Å².